The molecule has 0 aliphatic heterocycles. The molecular formula is C23H20N4S. The molecule has 0 atom stereocenters. The first kappa shape index (κ1) is 18.1. The third-order valence-corrected chi connectivity index (χ3v) is 4.72. The van der Waals surface area contributed by atoms with Crippen LogP contribution in [0.15, 0.2) is 78.9 Å². The van der Waals surface area contributed by atoms with Gasteiger partial charge in [-0.15, -0.1) is 0 Å². The van der Waals surface area contributed by atoms with E-state index in [2.05, 4.69) is 48.4 Å². The van der Waals surface area contributed by atoms with Crippen molar-refractivity contribution in [3.8, 4) is 17.1 Å². The van der Waals surface area contributed by atoms with Crippen LogP contribution in [-0.2, 0) is 0 Å². The lowest BCUT2D eigenvalue weighted by molar-refractivity contribution is 0.911. The van der Waals surface area contributed by atoms with Gasteiger partial charge in [0.05, 0.1) is 5.69 Å². The topological polar surface area (TPSA) is 42.7 Å². The Kier molecular flexibility index (Phi) is 5.00. The maximum absolute atomic E-state index is 5.65. The van der Waals surface area contributed by atoms with E-state index in [0.29, 0.717) is 16.5 Å². The van der Waals surface area contributed by atoms with Crippen LogP contribution < -0.4 is 5.32 Å². The van der Waals surface area contributed by atoms with E-state index in [0.717, 1.165) is 16.9 Å². The van der Waals surface area contributed by atoms with Crippen LogP contribution >= 0.6 is 12.2 Å². The number of hydrogen-bond acceptors (Lipinski definition) is 4. The van der Waals surface area contributed by atoms with E-state index in [4.69, 9.17) is 17.2 Å². The largest absolute Gasteiger partial charge is 0.325 e. The molecule has 4 nitrogen and oxygen atoms in total. The zero-order valence-electron chi connectivity index (χ0n) is 15.8. The molecule has 0 radical (unpaired) electrons. The first-order valence-corrected chi connectivity index (χ1v) is 9.48. The first-order valence-electron chi connectivity index (χ1n) is 9.07. The SMILES string of the molecule is Cc1ccc(Nc2nc(-c3ccccc3)nc(=S)n2-c2ccc(C)cc2)cc1. The minimum Gasteiger partial charge on any atom is -0.325 e. The number of rotatable bonds is 4. The van der Waals surface area contributed by atoms with Gasteiger partial charge >= 0.3 is 0 Å². The van der Waals surface area contributed by atoms with Crippen molar-refractivity contribution >= 4 is 23.9 Å². The van der Waals surface area contributed by atoms with Crippen LogP contribution in [0.3, 0.4) is 0 Å². The van der Waals surface area contributed by atoms with Gasteiger partial charge in [0.2, 0.25) is 10.7 Å². The van der Waals surface area contributed by atoms with Crippen LogP contribution in [0, 0.1) is 18.6 Å². The van der Waals surface area contributed by atoms with Crippen LogP contribution in [-0.4, -0.2) is 14.5 Å². The van der Waals surface area contributed by atoms with Gasteiger partial charge < -0.3 is 5.32 Å². The molecule has 0 unspecified atom stereocenters. The van der Waals surface area contributed by atoms with E-state index in [1.807, 2.05) is 59.2 Å². The zero-order chi connectivity index (χ0) is 19.5. The molecule has 1 N–H and O–H groups in total. The molecule has 4 rings (SSSR count). The molecule has 3 aromatic carbocycles. The molecule has 0 saturated heterocycles. The molecule has 0 amide bonds. The number of hydrogen-bond donors (Lipinski definition) is 1. The monoisotopic (exact) mass is 384 g/mol. The molecule has 1 aromatic heterocycles. The number of benzene rings is 3. The van der Waals surface area contributed by atoms with Crippen molar-refractivity contribution in [3.63, 3.8) is 0 Å². The highest BCUT2D eigenvalue weighted by Gasteiger charge is 2.12. The van der Waals surface area contributed by atoms with Crippen molar-refractivity contribution < 1.29 is 0 Å². The van der Waals surface area contributed by atoms with Gasteiger partial charge in [0.15, 0.2) is 5.82 Å². The van der Waals surface area contributed by atoms with Gasteiger partial charge in [0.25, 0.3) is 0 Å². The Morgan fingerprint density at radius 1 is 0.750 bits per heavy atom. The van der Waals surface area contributed by atoms with Crippen molar-refractivity contribution in [1.29, 1.82) is 0 Å². The van der Waals surface area contributed by atoms with E-state index in [1.165, 1.54) is 11.1 Å². The minimum absolute atomic E-state index is 0.451. The summed E-state index contributed by atoms with van der Waals surface area (Å²) >= 11 is 5.65. The fraction of sp³-hybridized carbons (Fsp3) is 0.0870. The van der Waals surface area contributed by atoms with Crippen molar-refractivity contribution in [1.82, 2.24) is 14.5 Å². The van der Waals surface area contributed by atoms with E-state index in [1.54, 1.807) is 0 Å². The minimum atomic E-state index is 0.451. The van der Waals surface area contributed by atoms with E-state index in [-0.39, 0.29) is 0 Å². The Labute approximate surface area is 169 Å². The summed E-state index contributed by atoms with van der Waals surface area (Å²) in [6.07, 6.45) is 0. The fourth-order valence-electron chi connectivity index (χ4n) is 2.90. The van der Waals surface area contributed by atoms with Crippen LogP contribution in [0.5, 0.6) is 0 Å². The Morgan fingerprint density at radius 2 is 1.36 bits per heavy atom. The second kappa shape index (κ2) is 7.74. The van der Waals surface area contributed by atoms with Gasteiger partial charge in [-0.25, -0.2) is 0 Å². The summed E-state index contributed by atoms with van der Waals surface area (Å²) in [6, 6.07) is 26.2. The van der Waals surface area contributed by atoms with Crippen molar-refractivity contribution in [2.24, 2.45) is 0 Å². The van der Waals surface area contributed by atoms with Crippen LogP contribution in [0.4, 0.5) is 11.6 Å². The summed E-state index contributed by atoms with van der Waals surface area (Å²) in [5.41, 5.74) is 5.18. The summed E-state index contributed by atoms with van der Waals surface area (Å²) in [7, 11) is 0. The summed E-state index contributed by atoms with van der Waals surface area (Å²) in [5, 5.41) is 3.41. The third kappa shape index (κ3) is 3.85. The molecular weight excluding hydrogens is 364 g/mol. The third-order valence-electron chi connectivity index (χ3n) is 4.45. The summed E-state index contributed by atoms with van der Waals surface area (Å²) in [5.74, 6) is 1.23. The second-order valence-corrected chi connectivity index (χ2v) is 7.05. The van der Waals surface area contributed by atoms with Gasteiger partial charge in [0, 0.05) is 11.3 Å². The summed E-state index contributed by atoms with van der Waals surface area (Å²) < 4.78 is 2.31. The van der Waals surface area contributed by atoms with Gasteiger partial charge in [0.1, 0.15) is 0 Å². The van der Waals surface area contributed by atoms with Crippen LogP contribution in [0.25, 0.3) is 17.1 Å². The van der Waals surface area contributed by atoms with Gasteiger partial charge in [-0.05, 0) is 50.3 Å². The predicted octanol–water partition coefficient (Wildman–Crippen LogP) is 6.02. The average Bonchev–Trinajstić information content (AvgIpc) is 2.71. The molecule has 0 fully saturated rings. The Hall–Kier alpha value is -3.31. The van der Waals surface area contributed by atoms with Gasteiger partial charge in [-0.3, -0.25) is 4.57 Å². The Balaban J connectivity index is 1.87. The lowest BCUT2D eigenvalue weighted by Gasteiger charge is -2.16. The van der Waals surface area contributed by atoms with E-state index < -0.39 is 0 Å². The number of aromatic nitrogens is 3. The lowest BCUT2D eigenvalue weighted by atomic mass is 10.2. The van der Waals surface area contributed by atoms with Gasteiger partial charge in [-0.1, -0.05) is 65.7 Å². The second-order valence-electron chi connectivity index (χ2n) is 6.68. The molecule has 0 bridgehead atoms. The molecule has 0 spiro atoms. The Bertz CT molecular complexity index is 1150. The highest BCUT2D eigenvalue weighted by atomic mass is 32.1. The van der Waals surface area contributed by atoms with Crippen LogP contribution in [0.2, 0.25) is 0 Å². The standard InChI is InChI=1S/C23H20N4S/c1-16-8-12-19(13-9-16)24-22-25-21(18-6-4-3-5-7-18)26-23(28)27(22)20-14-10-17(2)11-15-20/h3-15H,1-2H3,(H,24,25,26,28). The number of anilines is 2. The Morgan fingerprint density at radius 3 is 2.00 bits per heavy atom. The normalized spacial score (nSPS) is 10.6. The highest BCUT2D eigenvalue weighted by Crippen LogP contribution is 2.23. The number of aryl methyl sites for hydroxylation is 2. The smallest absolute Gasteiger partial charge is 0.216 e. The molecule has 0 saturated carbocycles. The number of nitrogens with one attached hydrogen (secondary N) is 1. The quantitative estimate of drug-likeness (QED) is 0.437. The predicted molar refractivity (Wildman–Crippen MR) is 117 cm³/mol. The fourth-order valence-corrected chi connectivity index (χ4v) is 3.18. The van der Waals surface area contributed by atoms with Crippen LogP contribution in [0.1, 0.15) is 11.1 Å². The summed E-state index contributed by atoms with van der Waals surface area (Å²) in [6.45, 7) is 4.12. The van der Waals surface area contributed by atoms with Gasteiger partial charge in [-0.2, -0.15) is 9.97 Å². The maximum Gasteiger partial charge on any atom is 0.216 e. The molecule has 138 valence electrons. The maximum atomic E-state index is 5.65. The lowest BCUT2D eigenvalue weighted by Crippen LogP contribution is -2.10. The molecule has 4 aromatic rings. The average molecular weight is 385 g/mol. The van der Waals surface area contributed by atoms with Crippen molar-refractivity contribution in [3.05, 3.63) is 94.8 Å². The number of nitrogens with zero attached hydrogens (tertiary/aromatic N) is 3. The first-order chi connectivity index (χ1) is 13.6. The molecule has 0 aliphatic carbocycles. The van der Waals surface area contributed by atoms with E-state index in [9.17, 15) is 0 Å². The molecule has 5 heteroatoms. The highest BCUT2D eigenvalue weighted by molar-refractivity contribution is 7.71. The van der Waals surface area contributed by atoms with E-state index >= 15 is 0 Å². The zero-order valence-corrected chi connectivity index (χ0v) is 16.6. The molecule has 0 aliphatic rings. The molecule has 28 heavy (non-hydrogen) atoms. The summed E-state index contributed by atoms with van der Waals surface area (Å²) in [4.78, 5) is 9.38. The van der Waals surface area contributed by atoms with Crippen molar-refractivity contribution in [2.75, 3.05) is 5.32 Å². The molecule has 1 heterocycles. The van der Waals surface area contributed by atoms with Crippen molar-refractivity contribution in [2.45, 2.75) is 13.8 Å².